The number of hydrogen-bond acceptors (Lipinski definition) is 3. The first-order chi connectivity index (χ1) is 7.16. The minimum absolute atomic E-state index is 0.104. The molecule has 1 saturated carbocycles. The van der Waals surface area contributed by atoms with Crippen molar-refractivity contribution in [2.75, 3.05) is 7.11 Å². The Hall–Kier alpha value is -0.480. The van der Waals surface area contributed by atoms with Crippen molar-refractivity contribution in [3.8, 4) is 0 Å². The third-order valence-electron chi connectivity index (χ3n) is 2.37. The first-order valence-corrected chi connectivity index (χ1v) is 6.30. The average molecular weight is 287 g/mol. The van der Waals surface area contributed by atoms with Gasteiger partial charge in [0, 0.05) is 9.37 Å². The number of halogens is 1. The zero-order valence-electron chi connectivity index (χ0n) is 8.33. The lowest BCUT2D eigenvalue weighted by atomic mass is 10.4. The van der Waals surface area contributed by atoms with E-state index in [-0.39, 0.29) is 10.7 Å². The fourth-order valence-electron chi connectivity index (χ4n) is 1.40. The van der Waals surface area contributed by atoms with Gasteiger partial charge in [-0.2, -0.15) is 0 Å². The molecule has 4 heteroatoms. The Morgan fingerprint density at radius 1 is 1.53 bits per heavy atom. The molecule has 80 valence electrons. The predicted molar refractivity (Wildman–Crippen MR) is 64.0 cm³/mol. The largest absolute Gasteiger partial charge is 0.468 e. The molecule has 0 amide bonds. The lowest BCUT2D eigenvalue weighted by Gasteiger charge is -2.11. The van der Waals surface area contributed by atoms with Crippen LogP contribution in [0.3, 0.4) is 0 Å². The van der Waals surface area contributed by atoms with Crippen LogP contribution in [0.4, 0.5) is 0 Å². The third kappa shape index (κ3) is 2.37. The van der Waals surface area contributed by atoms with Gasteiger partial charge in [-0.3, -0.25) is 4.79 Å². The smallest absolute Gasteiger partial charge is 0.322 e. The molecule has 0 spiro atoms. The minimum Gasteiger partial charge on any atom is -0.468 e. The lowest BCUT2D eigenvalue weighted by Crippen LogP contribution is -2.19. The standard InChI is InChI=1S/C11H11BrO2S/c1-14-10(13)11(5-6-11)15-9-4-2-3-8(12)7-9/h2-4,7H,5-6H2,1H3. The summed E-state index contributed by atoms with van der Waals surface area (Å²) in [4.78, 5) is 12.6. The SMILES string of the molecule is COC(=O)C1(Sc2cccc(Br)c2)CC1. The van der Waals surface area contributed by atoms with E-state index >= 15 is 0 Å². The number of thioether (sulfide) groups is 1. The van der Waals surface area contributed by atoms with E-state index in [1.807, 2.05) is 24.3 Å². The predicted octanol–water partition coefficient (Wildman–Crippen LogP) is 3.25. The summed E-state index contributed by atoms with van der Waals surface area (Å²) < 4.78 is 5.53. The maximum Gasteiger partial charge on any atom is 0.322 e. The second-order valence-electron chi connectivity index (χ2n) is 3.55. The van der Waals surface area contributed by atoms with Crippen LogP contribution in [0.2, 0.25) is 0 Å². The summed E-state index contributed by atoms with van der Waals surface area (Å²) in [6.07, 6.45) is 1.83. The summed E-state index contributed by atoms with van der Waals surface area (Å²) in [5, 5.41) is 0. The molecule has 0 heterocycles. The summed E-state index contributed by atoms with van der Waals surface area (Å²) in [5.41, 5.74) is 0. The van der Waals surface area contributed by atoms with Crippen molar-refractivity contribution in [3.63, 3.8) is 0 Å². The first-order valence-electron chi connectivity index (χ1n) is 4.69. The van der Waals surface area contributed by atoms with Gasteiger partial charge < -0.3 is 4.74 Å². The van der Waals surface area contributed by atoms with Crippen molar-refractivity contribution in [2.45, 2.75) is 22.5 Å². The zero-order valence-corrected chi connectivity index (χ0v) is 10.7. The van der Waals surface area contributed by atoms with E-state index in [0.29, 0.717) is 0 Å². The van der Waals surface area contributed by atoms with Crippen molar-refractivity contribution in [2.24, 2.45) is 0 Å². The molecule has 0 aromatic heterocycles. The number of benzene rings is 1. The average Bonchev–Trinajstić information content (AvgIpc) is 2.98. The van der Waals surface area contributed by atoms with E-state index in [1.165, 1.54) is 7.11 Å². The maximum atomic E-state index is 11.5. The van der Waals surface area contributed by atoms with E-state index in [2.05, 4.69) is 15.9 Å². The van der Waals surface area contributed by atoms with Crippen LogP contribution in [0.25, 0.3) is 0 Å². The van der Waals surface area contributed by atoms with Crippen LogP contribution in [0.1, 0.15) is 12.8 Å². The number of rotatable bonds is 3. The molecule has 0 radical (unpaired) electrons. The molecule has 0 aliphatic heterocycles. The van der Waals surface area contributed by atoms with E-state index in [0.717, 1.165) is 22.2 Å². The van der Waals surface area contributed by atoms with Crippen LogP contribution in [0.5, 0.6) is 0 Å². The summed E-state index contributed by atoms with van der Waals surface area (Å²) in [7, 11) is 1.45. The Labute approximate surface area is 102 Å². The summed E-state index contributed by atoms with van der Waals surface area (Å²) in [5.74, 6) is -0.104. The molecule has 2 nitrogen and oxygen atoms in total. The van der Waals surface area contributed by atoms with Gasteiger partial charge in [0.05, 0.1) is 7.11 Å². The van der Waals surface area contributed by atoms with Crippen molar-refractivity contribution in [1.82, 2.24) is 0 Å². The molecule has 1 aromatic carbocycles. The van der Waals surface area contributed by atoms with Crippen molar-refractivity contribution < 1.29 is 9.53 Å². The monoisotopic (exact) mass is 286 g/mol. The van der Waals surface area contributed by atoms with Crippen LogP contribution in [-0.2, 0) is 9.53 Å². The van der Waals surface area contributed by atoms with Crippen LogP contribution in [0, 0.1) is 0 Å². The molecule has 0 bridgehead atoms. The Bertz CT molecular complexity index is 388. The van der Waals surface area contributed by atoms with Gasteiger partial charge in [-0.1, -0.05) is 22.0 Å². The molecule has 1 aliphatic rings. The van der Waals surface area contributed by atoms with E-state index in [1.54, 1.807) is 11.8 Å². The van der Waals surface area contributed by atoms with Gasteiger partial charge in [0.1, 0.15) is 4.75 Å². The number of hydrogen-bond donors (Lipinski definition) is 0. The molecular weight excluding hydrogens is 276 g/mol. The second-order valence-corrected chi connectivity index (χ2v) is 5.92. The molecule has 1 aliphatic carbocycles. The lowest BCUT2D eigenvalue weighted by molar-refractivity contribution is -0.140. The van der Waals surface area contributed by atoms with Crippen LogP contribution in [-0.4, -0.2) is 17.8 Å². The third-order valence-corrected chi connectivity index (χ3v) is 4.32. The molecule has 1 aromatic rings. The van der Waals surface area contributed by atoms with E-state index in [9.17, 15) is 4.79 Å². The van der Waals surface area contributed by atoms with Crippen LogP contribution >= 0.6 is 27.7 Å². The number of carbonyl (C=O) groups excluding carboxylic acids is 1. The molecule has 2 rings (SSSR count). The van der Waals surface area contributed by atoms with Gasteiger partial charge in [-0.25, -0.2) is 0 Å². The first kappa shape index (κ1) is 11.0. The Balaban J connectivity index is 2.12. The van der Waals surface area contributed by atoms with E-state index in [4.69, 9.17) is 4.74 Å². The highest BCUT2D eigenvalue weighted by Gasteiger charge is 2.52. The Morgan fingerprint density at radius 2 is 2.27 bits per heavy atom. The van der Waals surface area contributed by atoms with Gasteiger partial charge in [0.25, 0.3) is 0 Å². The molecule has 0 atom stereocenters. The van der Waals surface area contributed by atoms with Crippen LogP contribution < -0.4 is 0 Å². The fraction of sp³-hybridized carbons (Fsp3) is 0.364. The van der Waals surface area contributed by atoms with E-state index < -0.39 is 0 Å². The van der Waals surface area contributed by atoms with Gasteiger partial charge in [-0.15, -0.1) is 11.8 Å². The quantitative estimate of drug-likeness (QED) is 0.798. The number of ether oxygens (including phenoxy) is 1. The van der Waals surface area contributed by atoms with Gasteiger partial charge in [-0.05, 0) is 31.0 Å². The molecule has 15 heavy (non-hydrogen) atoms. The summed E-state index contributed by atoms with van der Waals surface area (Å²) in [6.45, 7) is 0. The molecule has 0 unspecified atom stereocenters. The van der Waals surface area contributed by atoms with Gasteiger partial charge in [0.2, 0.25) is 0 Å². The zero-order chi connectivity index (χ0) is 10.9. The summed E-state index contributed by atoms with van der Waals surface area (Å²) in [6, 6.07) is 7.98. The summed E-state index contributed by atoms with van der Waals surface area (Å²) >= 11 is 5.01. The fourth-order valence-corrected chi connectivity index (χ4v) is 3.21. The molecule has 1 fully saturated rings. The maximum absolute atomic E-state index is 11.5. The second kappa shape index (κ2) is 4.18. The number of carbonyl (C=O) groups is 1. The normalized spacial score (nSPS) is 17.2. The van der Waals surface area contributed by atoms with Gasteiger partial charge >= 0.3 is 5.97 Å². The number of esters is 1. The van der Waals surface area contributed by atoms with Crippen molar-refractivity contribution in [3.05, 3.63) is 28.7 Å². The molecule has 0 N–H and O–H groups in total. The van der Waals surface area contributed by atoms with Gasteiger partial charge in [0.15, 0.2) is 0 Å². The molecule has 0 saturated heterocycles. The number of methoxy groups -OCH3 is 1. The van der Waals surface area contributed by atoms with Crippen molar-refractivity contribution >= 4 is 33.7 Å². The highest BCUT2D eigenvalue weighted by Crippen LogP contribution is 2.52. The minimum atomic E-state index is -0.310. The van der Waals surface area contributed by atoms with Crippen LogP contribution in [0.15, 0.2) is 33.6 Å². The highest BCUT2D eigenvalue weighted by atomic mass is 79.9. The highest BCUT2D eigenvalue weighted by molar-refractivity contribution is 9.10. The topological polar surface area (TPSA) is 26.3 Å². The van der Waals surface area contributed by atoms with Crippen molar-refractivity contribution in [1.29, 1.82) is 0 Å². The Kier molecular flexibility index (Phi) is 3.07. The molecular formula is C11H11BrO2S. The Morgan fingerprint density at radius 3 is 2.80 bits per heavy atom.